The van der Waals surface area contributed by atoms with Crippen LogP contribution in [0, 0.1) is 0 Å². The summed E-state index contributed by atoms with van der Waals surface area (Å²) in [6.45, 7) is 2.49. The minimum Gasteiger partial charge on any atom is -0.378 e. The lowest BCUT2D eigenvalue weighted by molar-refractivity contribution is -0.126. The lowest BCUT2D eigenvalue weighted by Crippen LogP contribution is -2.52. The van der Waals surface area contributed by atoms with Crippen molar-refractivity contribution in [3.05, 3.63) is 22.4 Å². The molecule has 19 heavy (non-hydrogen) atoms. The van der Waals surface area contributed by atoms with Crippen LogP contribution in [-0.2, 0) is 9.53 Å². The predicted octanol–water partition coefficient (Wildman–Crippen LogP) is 0.455. The monoisotopic (exact) mass is 283 g/mol. The smallest absolute Gasteiger partial charge is 0.239 e. The summed E-state index contributed by atoms with van der Waals surface area (Å²) in [6.07, 6.45) is 0. The summed E-state index contributed by atoms with van der Waals surface area (Å²) < 4.78 is 5.30. The molecular formula is C13H21N3O2S. The number of rotatable bonds is 5. The molecule has 0 aliphatic carbocycles. The molecule has 2 rings (SSSR count). The molecule has 2 N–H and O–H groups in total. The van der Waals surface area contributed by atoms with E-state index in [1.54, 1.807) is 11.3 Å². The van der Waals surface area contributed by atoms with Crippen molar-refractivity contribution in [1.29, 1.82) is 0 Å². The van der Waals surface area contributed by atoms with Crippen molar-refractivity contribution in [3.8, 4) is 0 Å². The number of amides is 1. The molecule has 6 heteroatoms. The van der Waals surface area contributed by atoms with Gasteiger partial charge in [0.15, 0.2) is 0 Å². The Morgan fingerprint density at radius 1 is 1.68 bits per heavy atom. The first kappa shape index (κ1) is 14.5. The standard InChI is InChI=1S/C13H21N3O2S/c1-16(2)11(12-4-3-7-19-12)8-15-13(17)10-9-18-6-5-14-10/h3-4,7,10-11,14H,5-6,8-9H2,1-2H3,(H,15,17). The number of morpholine rings is 1. The topological polar surface area (TPSA) is 53.6 Å². The van der Waals surface area contributed by atoms with Crippen molar-refractivity contribution in [2.24, 2.45) is 0 Å². The largest absolute Gasteiger partial charge is 0.378 e. The number of likely N-dealkylation sites (N-methyl/N-ethyl adjacent to an activating group) is 1. The highest BCUT2D eigenvalue weighted by molar-refractivity contribution is 7.10. The first-order valence-corrected chi connectivity index (χ1v) is 7.35. The molecule has 1 aromatic heterocycles. The fourth-order valence-corrected chi connectivity index (χ4v) is 3.00. The molecule has 0 spiro atoms. The quantitative estimate of drug-likeness (QED) is 0.824. The van der Waals surface area contributed by atoms with E-state index in [1.165, 1.54) is 4.88 Å². The summed E-state index contributed by atoms with van der Waals surface area (Å²) in [6, 6.07) is 4.13. The molecule has 5 nitrogen and oxygen atoms in total. The molecule has 1 aromatic rings. The van der Waals surface area contributed by atoms with Gasteiger partial charge in [-0.25, -0.2) is 0 Å². The summed E-state index contributed by atoms with van der Waals surface area (Å²) in [4.78, 5) is 15.4. The summed E-state index contributed by atoms with van der Waals surface area (Å²) in [5.74, 6) is 0.0168. The minimum absolute atomic E-state index is 0.0168. The van der Waals surface area contributed by atoms with Gasteiger partial charge in [0.2, 0.25) is 5.91 Å². The van der Waals surface area contributed by atoms with E-state index in [9.17, 15) is 4.79 Å². The second kappa shape index (κ2) is 7.00. The Morgan fingerprint density at radius 3 is 3.11 bits per heavy atom. The van der Waals surface area contributed by atoms with Crippen molar-refractivity contribution in [2.45, 2.75) is 12.1 Å². The summed E-state index contributed by atoms with van der Waals surface area (Å²) in [5.41, 5.74) is 0. The van der Waals surface area contributed by atoms with Crippen molar-refractivity contribution in [1.82, 2.24) is 15.5 Å². The van der Waals surface area contributed by atoms with Crippen LogP contribution >= 0.6 is 11.3 Å². The Hall–Kier alpha value is -0.950. The average molecular weight is 283 g/mol. The van der Waals surface area contributed by atoms with Gasteiger partial charge in [0.25, 0.3) is 0 Å². The van der Waals surface area contributed by atoms with Crippen LogP contribution in [0.25, 0.3) is 0 Å². The molecule has 0 aromatic carbocycles. The molecule has 0 radical (unpaired) electrons. The fraction of sp³-hybridized carbons (Fsp3) is 0.615. The molecule has 1 aliphatic heterocycles. The number of thiophene rings is 1. The third kappa shape index (κ3) is 4.01. The Labute approximate surface area is 117 Å². The maximum Gasteiger partial charge on any atom is 0.239 e. The molecule has 0 bridgehead atoms. The van der Waals surface area contributed by atoms with Gasteiger partial charge in [0.1, 0.15) is 6.04 Å². The maximum absolute atomic E-state index is 12.0. The van der Waals surface area contributed by atoms with E-state index in [0.717, 1.165) is 6.54 Å². The predicted molar refractivity (Wildman–Crippen MR) is 76.4 cm³/mol. The summed E-state index contributed by atoms with van der Waals surface area (Å²) in [7, 11) is 4.05. The molecule has 1 fully saturated rings. The first-order valence-electron chi connectivity index (χ1n) is 6.47. The van der Waals surface area contributed by atoms with Crippen LogP contribution in [0.4, 0.5) is 0 Å². The van der Waals surface area contributed by atoms with Gasteiger partial charge < -0.3 is 20.3 Å². The molecule has 0 saturated carbocycles. The maximum atomic E-state index is 12.0. The Balaban J connectivity index is 1.86. The number of nitrogens with one attached hydrogen (secondary N) is 2. The van der Waals surface area contributed by atoms with E-state index in [4.69, 9.17) is 4.74 Å². The normalized spacial score (nSPS) is 21.3. The van der Waals surface area contributed by atoms with E-state index in [2.05, 4.69) is 27.0 Å². The van der Waals surface area contributed by atoms with Crippen LogP contribution in [0.15, 0.2) is 17.5 Å². The highest BCUT2D eigenvalue weighted by Gasteiger charge is 2.23. The highest BCUT2D eigenvalue weighted by Crippen LogP contribution is 2.22. The van der Waals surface area contributed by atoms with Crippen LogP contribution in [0.3, 0.4) is 0 Å². The van der Waals surface area contributed by atoms with Crippen molar-refractivity contribution < 1.29 is 9.53 Å². The average Bonchev–Trinajstić information content (AvgIpc) is 2.93. The van der Waals surface area contributed by atoms with Gasteiger partial charge in [-0.05, 0) is 25.5 Å². The molecule has 2 heterocycles. The SMILES string of the molecule is CN(C)C(CNC(=O)C1COCCN1)c1cccs1. The third-order valence-electron chi connectivity index (χ3n) is 3.20. The van der Waals surface area contributed by atoms with Gasteiger partial charge in [-0.1, -0.05) is 6.07 Å². The molecule has 1 amide bonds. The van der Waals surface area contributed by atoms with Crippen LogP contribution in [0.5, 0.6) is 0 Å². The van der Waals surface area contributed by atoms with Crippen LogP contribution in [-0.4, -0.2) is 57.2 Å². The highest BCUT2D eigenvalue weighted by atomic mass is 32.1. The summed E-state index contributed by atoms with van der Waals surface area (Å²) >= 11 is 1.71. The molecular weight excluding hydrogens is 262 g/mol. The Morgan fingerprint density at radius 2 is 2.53 bits per heavy atom. The van der Waals surface area contributed by atoms with E-state index in [-0.39, 0.29) is 18.0 Å². The summed E-state index contributed by atoms with van der Waals surface area (Å²) in [5, 5.41) is 8.22. The van der Waals surface area contributed by atoms with Crippen molar-refractivity contribution in [2.75, 3.05) is 40.4 Å². The van der Waals surface area contributed by atoms with Crippen molar-refractivity contribution >= 4 is 17.2 Å². The van der Waals surface area contributed by atoms with Gasteiger partial charge in [0.05, 0.1) is 19.3 Å². The lowest BCUT2D eigenvalue weighted by atomic mass is 10.2. The fourth-order valence-electron chi connectivity index (χ4n) is 2.07. The molecule has 2 unspecified atom stereocenters. The Bertz CT molecular complexity index is 389. The van der Waals surface area contributed by atoms with Gasteiger partial charge in [0, 0.05) is 18.0 Å². The van der Waals surface area contributed by atoms with Gasteiger partial charge in [-0.15, -0.1) is 11.3 Å². The zero-order chi connectivity index (χ0) is 13.7. The number of ether oxygens (including phenoxy) is 1. The molecule has 106 valence electrons. The third-order valence-corrected chi connectivity index (χ3v) is 4.18. The minimum atomic E-state index is -0.222. The van der Waals surface area contributed by atoms with Gasteiger partial charge >= 0.3 is 0 Å². The van der Waals surface area contributed by atoms with E-state index < -0.39 is 0 Å². The number of nitrogens with zero attached hydrogens (tertiary/aromatic N) is 1. The van der Waals surface area contributed by atoms with E-state index >= 15 is 0 Å². The molecule has 1 saturated heterocycles. The lowest BCUT2D eigenvalue weighted by Gasteiger charge is -2.26. The number of hydrogen-bond donors (Lipinski definition) is 2. The zero-order valence-corrected chi connectivity index (χ0v) is 12.2. The second-order valence-corrected chi connectivity index (χ2v) is 5.80. The number of hydrogen-bond acceptors (Lipinski definition) is 5. The Kier molecular flexibility index (Phi) is 5.33. The van der Waals surface area contributed by atoms with Gasteiger partial charge in [-0.3, -0.25) is 4.79 Å². The van der Waals surface area contributed by atoms with Crippen LogP contribution in [0.1, 0.15) is 10.9 Å². The first-order chi connectivity index (χ1) is 9.18. The molecule has 2 atom stereocenters. The van der Waals surface area contributed by atoms with Crippen LogP contribution < -0.4 is 10.6 Å². The van der Waals surface area contributed by atoms with Gasteiger partial charge in [-0.2, -0.15) is 0 Å². The van der Waals surface area contributed by atoms with Crippen LogP contribution in [0.2, 0.25) is 0 Å². The number of carbonyl (C=O) groups excluding carboxylic acids is 1. The zero-order valence-electron chi connectivity index (χ0n) is 11.4. The second-order valence-electron chi connectivity index (χ2n) is 4.82. The van der Waals surface area contributed by atoms with E-state index in [0.29, 0.717) is 19.8 Å². The molecule has 1 aliphatic rings. The van der Waals surface area contributed by atoms with Crippen molar-refractivity contribution in [3.63, 3.8) is 0 Å². The van der Waals surface area contributed by atoms with E-state index in [1.807, 2.05) is 20.2 Å². The number of carbonyl (C=O) groups is 1.